The van der Waals surface area contributed by atoms with E-state index in [0.717, 1.165) is 18.0 Å². The average Bonchev–Trinajstić information content (AvgIpc) is 2.79. The van der Waals surface area contributed by atoms with Gasteiger partial charge in [0.05, 0.1) is 0 Å². The summed E-state index contributed by atoms with van der Waals surface area (Å²) in [6, 6.07) is 10.9. The number of hydrogen-bond acceptors (Lipinski definition) is 2. The van der Waals surface area contributed by atoms with Gasteiger partial charge in [-0.1, -0.05) is 29.8 Å². The van der Waals surface area contributed by atoms with Crippen LogP contribution in [-0.2, 0) is 13.5 Å². The number of rotatable bonds is 5. The Hall–Kier alpha value is -1.32. The number of nitrogens with one attached hydrogen (secondary N) is 1. The Morgan fingerprint density at radius 2 is 2.10 bits per heavy atom. The van der Waals surface area contributed by atoms with Gasteiger partial charge in [-0.2, -0.15) is 5.10 Å². The van der Waals surface area contributed by atoms with E-state index < -0.39 is 0 Å². The first-order valence-corrected chi connectivity index (χ1v) is 7.56. The fourth-order valence-corrected chi connectivity index (χ4v) is 3.19. The van der Waals surface area contributed by atoms with Gasteiger partial charge in [0.15, 0.2) is 0 Å². The summed E-state index contributed by atoms with van der Waals surface area (Å²) >= 11 is 6.24. The first-order valence-electron chi connectivity index (χ1n) is 7.18. The van der Waals surface area contributed by atoms with Crippen molar-refractivity contribution in [2.75, 3.05) is 6.54 Å². The minimum Gasteiger partial charge on any atom is -0.314 e. The smallest absolute Gasteiger partial charge is 0.0492 e. The largest absolute Gasteiger partial charge is 0.314 e. The second kappa shape index (κ2) is 5.98. The number of halogens is 1. The summed E-state index contributed by atoms with van der Waals surface area (Å²) in [7, 11) is 1.99. The molecule has 1 saturated carbocycles. The molecule has 3 nitrogen and oxygen atoms in total. The van der Waals surface area contributed by atoms with Gasteiger partial charge < -0.3 is 5.32 Å². The minimum atomic E-state index is 0.623. The van der Waals surface area contributed by atoms with Crippen LogP contribution in [0.3, 0.4) is 0 Å². The van der Waals surface area contributed by atoms with E-state index in [4.69, 9.17) is 11.6 Å². The lowest BCUT2D eigenvalue weighted by Crippen LogP contribution is -2.41. The van der Waals surface area contributed by atoms with E-state index in [1.165, 1.54) is 24.1 Å². The zero-order valence-electron chi connectivity index (χ0n) is 11.7. The second-order valence-corrected chi connectivity index (χ2v) is 5.94. The van der Waals surface area contributed by atoms with E-state index in [1.807, 2.05) is 30.1 Å². The van der Waals surface area contributed by atoms with Crippen LogP contribution in [0.5, 0.6) is 0 Å². The molecular formula is C16H20ClN3. The van der Waals surface area contributed by atoms with Crippen LogP contribution in [0.2, 0.25) is 5.02 Å². The second-order valence-electron chi connectivity index (χ2n) is 5.54. The molecule has 1 heterocycles. The fourth-order valence-electron chi connectivity index (χ4n) is 2.90. The molecule has 106 valence electrons. The van der Waals surface area contributed by atoms with Crippen molar-refractivity contribution in [2.24, 2.45) is 7.05 Å². The topological polar surface area (TPSA) is 29.9 Å². The highest BCUT2D eigenvalue weighted by Gasteiger charge is 2.30. The summed E-state index contributed by atoms with van der Waals surface area (Å²) < 4.78 is 1.94. The van der Waals surface area contributed by atoms with E-state index >= 15 is 0 Å². The fraction of sp³-hybridized carbons (Fsp3) is 0.438. The third kappa shape index (κ3) is 2.89. The highest BCUT2D eigenvalue weighted by molar-refractivity contribution is 6.31. The van der Waals surface area contributed by atoms with E-state index in [0.29, 0.717) is 12.0 Å². The summed E-state index contributed by atoms with van der Waals surface area (Å²) in [5, 5.41) is 8.71. The molecule has 0 saturated heterocycles. The van der Waals surface area contributed by atoms with Crippen LogP contribution < -0.4 is 5.32 Å². The number of aromatic nitrogens is 2. The van der Waals surface area contributed by atoms with Gasteiger partial charge in [0.2, 0.25) is 0 Å². The van der Waals surface area contributed by atoms with Gasteiger partial charge in [-0.25, -0.2) is 0 Å². The Morgan fingerprint density at radius 3 is 2.80 bits per heavy atom. The van der Waals surface area contributed by atoms with Crippen LogP contribution in [-0.4, -0.2) is 22.4 Å². The number of aryl methyl sites for hydroxylation is 1. The molecule has 1 aromatic heterocycles. The standard InChI is InChI=1S/C16H20ClN3/c1-20-14(7-9-19-20)6-8-18-13-10-12(11-13)15-4-2-3-5-16(15)17/h2-5,7,9,12-13,18H,6,8,10-11H2,1H3. The summed E-state index contributed by atoms with van der Waals surface area (Å²) in [5.41, 5.74) is 2.58. The highest BCUT2D eigenvalue weighted by Crippen LogP contribution is 2.39. The predicted molar refractivity (Wildman–Crippen MR) is 82.1 cm³/mol. The third-order valence-corrected chi connectivity index (χ3v) is 4.56. The van der Waals surface area contributed by atoms with Crippen LogP contribution in [0.1, 0.15) is 30.0 Å². The Labute approximate surface area is 124 Å². The molecule has 0 atom stereocenters. The lowest BCUT2D eigenvalue weighted by Gasteiger charge is -2.36. The molecule has 1 N–H and O–H groups in total. The highest BCUT2D eigenvalue weighted by atomic mass is 35.5. The summed E-state index contributed by atoms with van der Waals surface area (Å²) in [6.45, 7) is 1.01. The number of nitrogens with zero attached hydrogens (tertiary/aromatic N) is 2. The SMILES string of the molecule is Cn1nccc1CCNC1CC(c2ccccc2Cl)C1. The lowest BCUT2D eigenvalue weighted by molar-refractivity contribution is 0.292. The van der Waals surface area contributed by atoms with Crippen molar-refractivity contribution in [1.82, 2.24) is 15.1 Å². The van der Waals surface area contributed by atoms with Crippen LogP contribution >= 0.6 is 11.6 Å². The van der Waals surface area contributed by atoms with E-state index in [-0.39, 0.29) is 0 Å². The van der Waals surface area contributed by atoms with Gasteiger partial charge in [-0.15, -0.1) is 0 Å². The van der Waals surface area contributed by atoms with Crippen LogP contribution in [0.15, 0.2) is 36.5 Å². The summed E-state index contributed by atoms with van der Waals surface area (Å²) in [6.07, 6.45) is 5.26. The monoisotopic (exact) mass is 289 g/mol. The molecule has 0 amide bonds. The van der Waals surface area contributed by atoms with Crippen LogP contribution in [0.4, 0.5) is 0 Å². The zero-order valence-corrected chi connectivity index (χ0v) is 12.5. The Bertz CT molecular complexity index is 573. The molecule has 1 aromatic carbocycles. The molecule has 3 rings (SSSR count). The quantitative estimate of drug-likeness (QED) is 0.916. The molecule has 0 radical (unpaired) electrons. The van der Waals surface area contributed by atoms with Gasteiger partial charge in [-0.05, 0) is 36.5 Å². The molecule has 1 aliphatic carbocycles. The normalized spacial score (nSPS) is 21.7. The van der Waals surface area contributed by atoms with Gasteiger partial charge in [0.1, 0.15) is 0 Å². The lowest BCUT2D eigenvalue weighted by atomic mass is 9.76. The van der Waals surface area contributed by atoms with Gasteiger partial charge in [-0.3, -0.25) is 4.68 Å². The van der Waals surface area contributed by atoms with Gasteiger partial charge >= 0.3 is 0 Å². The molecule has 20 heavy (non-hydrogen) atoms. The van der Waals surface area contributed by atoms with Gasteiger partial charge in [0, 0.05) is 43.0 Å². The van der Waals surface area contributed by atoms with E-state index in [2.05, 4.69) is 28.6 Å². The Morgan fingerprint density at radius 1 is 1.30 bits per heavy atom. The predicted octanol–water partition coefficient (Wildman–Crippen LogP) is 3.15. The van der Waals surface area contributed by atoms with E-state index in [9.17, 15) is 0 Å². The summed E-state index contributed by atoms with van der Waals surface area (Å²) in [5.74, 6) is 0.623. The molecule has 0 aliphatic heterocycles. The first kappa shape index (κ1) is 13.7. The molecular weight excluding hydrogens is 270 g/mol. The van der Waals surface area contributed by atoms with Crippen molar-refractivity contribution in [1.29, 1.82) is 0 Å². The van der Waals surface area contributed by atoms with Crippen molar-refractivity contribution >= 4 is 11.6 Å². The molecule has 0 unspecified atom stereocenters. The Balaban J connectivity index is 1.43. The maximum atomic E-state index is 6.24. The van der Waals surface area contributed by atoms with Crippen LogP contribution in [0, 0.1) is 0 Å². The number of benzene rings is 1. The van der Waals surface area contributed by atoms with Gasteiger partial charge in [0.25, 0.3) is 0 Å². The minimum absolute atomic E-state index is 0.623. The molecule has 0 spiro atoms. The van der Waals surface area contributed by atoms with Crippen LogP contribution in [0.25, 0.3) is 0 Å². The molecule has 4 heteroatoms. The third-order valence-electron chi connectivity index (χ3n) is 4.22. The van der Waals surface area contributed by atoms with Crippen molar-refractivity contribution in [3.63, 3.8) is 0 Å². The maximum absolute atomic E-state index is 6.24. The van der Waals surface area contributed by atoms with Crippen molar-refractivity contribution in [2.45, 2.75) is 31.2 Å². The zero-order chi connectivity index (χ0) is 13.9. The Kier molecular flexibility index (Phi) is 4.08. The molecule has 2 aromatic rings. The van der Waals surface area contributed by atoms with Crippen molar-refractivity contribution < 1.29 is 0 Å². The molecule has 1 fully saturated rings. The average molecular weight is 290 g/mol. The summed E-state index contributed by atoms with van der Waals surface area (Å²) in [4.78, 5) is 0. The van der Waals surface area contributed by atoms with Crippen molar-refractivity contribution in [3.8, 4) is 0 Å². The molecule has 1 aliphatic rings. The van der Waals surface area contributed by atoms with Crippen molar-refractivity contribution in [3.05, 3.63) is 52.8 Å². The van der Waals surface area contributed by atoms with E-state index in [1.54, 1.807) is 0 Å². The maximum Gasteiger partial charge on any atom is 0.0492 e. The number of hydrogen-bond donors (Lipinski definition) is 1. The first-order chi connectivity index (χ1) is 9.74. The molecule has 0 bridgehead atoms.